The molecule has 0 bridgehead atoms. The van der Waals surface area contributed by atoms with Gasteiger partial charge in [-0.15, -0.1) is 0 Å². The number of ketones is 2. The molecule has 1 aromatic carbocycles. The first kappa shape index (κ1) is 11.2. The third-order valence-corrected chi connectivity index (χ3v) is 2.12. The molecular formula is C12H12O3. The fraction of sp³-hybridized carbons (Fsp3) is 0.167. The van der Waals surface area contributed by atoms with Crippen LogP contribution in [-0.2, 0) is 9.59 Å². The largest absolute Gasteiger partial charge is 0.508 e. The summed E-state index contributed by atoms with van der Waals surface area (Å²) in [6.45, 7) is 4.72. The van der Waals surface area contributed by atoms with Gasteiger partial charge in [0.15, 0.2) is 5.78 Å². The van der Waals surface area contributed by atoms with Crippen LogP contribution in [0.4, 0.5) is 0 Å². The third kappa shape index (κ3) is 2.53. The van der Waals surface area contributed by atoms with Crippen molar-refractivity contribution in [1.29, 1.82) is 0 Å². The predicted octanol–water partition coefficient (Wildman–Crippen LogP) is 1.82. The van der Waals surface area contributed by atoms with Gasteiger partial charge in [0.2, 0.25) is 0 Å². The Morgan fingerprint density at radius 2 is 1.87 bits per heavy atom. The van der Waals surface area contributed by atoms with Crippen molar-refractivity contribution in [3.05, 3.63) is 42.5 Å². The van der Waals surface area contributed by atoms with Gasteiger partial charge in [0.1, 0.15) is 17.5 Å². The Morgan fingerprint density at radius 3 is 2.27 bits per heavy atom. The highest BCUT2D eigenvalue weighted by Crippen LogP contribution is 2.21. The molecule has 0 fully saturated rings. The molecule has 0 heterocycles. The van der Waals surface area contributed by atoms with Crippen LogP contribution in [0.3, 0.4) is 0 Å². The van der Waals surface area contributed by atoms with Gasteiger partial charge in [-0.1, -0.05) is 18.7 Å². The van der Waals surface area contributed by atoms with Crippen LogP contribution in [0.2, 0.25) is 0 Å². The quantitative estimate of drug-likeness (QED) is 0.601. The van der Waals surface area contributed by atoms with Crippen LogP contribution in [0.5, 0.6) is 5.75 Å². The number of hydrogen-bond donors (Lipinski definition) is 1. The van der Waals surface area contributed by atoms with E-state index in [0.29, 0.717) is 5.56 Å². The summed E-state index contributed by atoms with van der Waals surface area (Å²) in [6, 6.07) is 6.01. The number of carbonyl (C=O) groups excluding carboxylic acids is 2. The van der Waals surface area contributed by atoms with Gasteiger partial charge in [-0.2, -0.15) is 0 Å². The van der Waals surface area contributed by atoms with Gasteiger partial charge in [0, 0.05) is 0 Å². The van der Waals surface area contributed by atoms with E-state index in [2.05, 4.69) is 6.58 Å². The van der Waals surface area contributed by atoms with E-state index in [-0.39, 0.29) is 17.3 Å². The van der Waals surface area contributed by atoms with Crippen LogP contribution < -0.4 is 0 Å². The minimum Gasteiger partial charge on any atom is -0.508 e. The molecule has 0 saturated carbocycles. The lowest BCUT2D eigenvalue weighted by Gasteiger charge is -2.10. The van der Waals surface area contributed by atoms with Crippen LogP contribution in [0.25, 0.3) is 0 Å². The lowest BCUT2D eigenvalue weighted by molar-refractivity contribution is -0.125. The van der Waals surface area contributed by atoms with Gasteiger partial charge < -0.3 is 5.11 Å². The molecule has 0 saturated heterocycles. The highest BCUT2D eigenvalue weighted by Gasteiger charge is 2.22. The average molecular weight is 204 g/mol. The average Bonchev–Trinajstić information content (AvgIpc) is 2.20. The molecule has 15 heavy (non-hydrogen) atoms. The summed E-state index contributed by atoms with van der Waals surface area (Å²) in [6.07, 6.45) is 1.14. The molecule has 1 N–H and O–H groups in total. The number of aromatic hydroxyl groups is 1. The molecule has 0 aliphatic carbocycles. The number of benzene rings is 1. The summed E-state index contributed by atoms with van der Waals surface area (Å²) in [5.74, 6) is -1.26. The number of phenolic OH excluding ortho intramolecular Hbond substituents is 1. The van der Waals surface area contributed by atoms with E-state index in [1.165, 1.54) is 19.1 Å². The molecule has 3 nitrogen and oxygen atoms in total. The maximum atomic E-state index is 11.4. The second-order valence-electron chi connectivity index (χ2n) is 3.24. The number of allylic oxidation sites excluding steroid dienone is 1. The van der Waals surface area contributed by atoms with Gasteiger partial charge in [-0.05, 0) is 30.7 Å². The highest BCUT2D eigenvalue weighted by molar-refractivity contribution is 6.11. The predicted molar refractivity (Wildman–Crippen MR) is 56.7 cm³/mol. The van der Waals surface area contributed by atoms with Crippen LogP contribution >= 0.6 is 0 Å². The van der Waals surface area contributed by atoms with Crippen molar-refractivity contribution in [3.63, 3.8) is 0 Å². The molecule has 1 atom stereocenters. The first-order valence-electron chi connectivity index (χ1n) is 4.52. The summed E-state index contributed by atoms with van der Waals surface area (Å²) in [5.41, 5.74) is 0.574. The molecule has 1 rings (SSSR count). The Kier molecular flexibility index (Phi) is 3.39. The Morgan fingerprint density at radius 1 is 1.33 bits per heavy atom. The monoisotopic (exact) mass is 204 g/mol. The summed E-state index contributed by atoms with van der Waals surface area (Å²) >= 11 is 0. The SMILES string of the molecule is C=CC(=O)C(C(C)=O)c1ccc(O)cc1. The van der Waals surface area contributed by atoms with E-state index in [0.717, 1.165) is 6.08 Å². The Labute approximate surface area is 88.0 Å². The zero-order valence-corrected chi connectivity index (χ0v) is 8.43. The van der Waals surface area contributed by atoms with Crippen molar-refractivity contribution in [2.24, 2.45) is 0 Å². The van der Waals surface area contributed by atoms with Gasteiger partial charge in [-0.3, -0.25) is 9.59 Å². The van der Waals surface area contributed by atoms with Crippen molar-refractivity contribution >= 4 is 11.6 Å². The number of hydrogen-bond acceptors (Lipinski definition) is 3. The number of rotatable bonds is 4. The van der Waals surface area contributed by atoms with Crippen molar-refractivity contribution in [2.75, 3.05) is 0 Å². The van der Waals surface area contributed by atoms with Gasteiger partial charge in [0.25, 0.3) is 0 Å². The van der Waals surface area contributed by atoms with E-state index in [9.17, 15) is 9.59 Å². The first-order chi connectivity index (χ1) is 7.06. The fourth-order valence-electron chi connectivity index (χ4n) is 1.38. The number of carbonyl (C=O) groups is 2. The zero-order valence-electron chi connectivity index (χ0n) is 8.43. The summed E-state index contributed by atoms with van der Waals surface area (Å²) in [5, 5.41) is 9.08. The summed E-state index contributed by atoms with van der Waals surface area (Å²) in [7, 11) is 0. The van der Waals surface area contributed by atoms with E-state index < -0.39 is 5.92 Å². The van der Waals surface area contributed by atoms with E-state index in [1.54, 1.807) is 12.1 Å². The molecule has 1 unspecified atom stereocenters. The van der Waals surface area contributed by atoms with Crippen molar-refractivity contribution in [2.45, 2.75) is 12.8 Å². The second-order valence-corrected chi connectivity index (χ2v) is 3.24. The molecule has 0 aliphatic rings. The van der Waals surface area contributed by atoms with Crippen LogP contribution in [-0.4, -0.2) is 16.7 Å². The lowest BCUT2D eigenvalue weighted by Crippen LogP contribution is -2.17. The number of Topliss-reactive ketones (excluding diaryl/α,β-unsaturated/α-hetero) is 1. The molecule has 78 valence electrons. The minimum absolute atomic E-state index is 0.104. The highest BCUT2D eigenvalue weighted by atomic mass is 16.3. The van der Waals surface area contributed by atoms with Crippen molar-refractivity contribution in [3.8, 4) is 5.75 Å². The molecule has 1 aromatic rings. The maximum absolute atomic E-state index is 11.4. The Balaban J connectivity index is 3.10. The zero-order chi connectivity index (χ0) is 11.4. The lowest BCUT2D eigenvalue weighted by atomic mass is 9.91. The third-order valence-electron chi connectivity index (χ3n) is 2.12. The summed E-state index contributed by atoms with van der Waals surface area (Å²) in [4.78, 5) is 22.7. The minimum atomic E-state index is -0.803. The standard InChI is InChI=1S/C12H12O3/c1-3-11(15)12(8(2)13)9-4-6-10(14)7-5-9/h3-7,12,14H,1H2,2H3. The maximum Gasteiger partial charge on any atom is 0.169 e. The van der Waals surface area contributed by atoms with E-state index in [4.69, 9.17) is 5.11 Å². The molecule has 0 aromatic heterocycles. The van der Waals surface area contributed by atoms with Crippen LogP contribution in [0.1, 0.15) is 18.4 Å². The molecule has 0 spiro atoms. The summed E-state index contributed by atoms with van der Waals surface area (Å²) < 4.78 is 0. The first-order valence-corrected chi connectivity index (χ1v) is 4.52. The molecule has 0 radical (unpaired) electrons. The molecule has 0 aliphatic heterocycles. The number of phenols is 1. The normalized spacial score (nSPS) is 11.8. The van der Waals surface area contributed by atoms with Gasteiger partial charge in [-0.25, -0.2) is 0 Å². The van der Waals surface area contributed by atoms with Crippen LogP contribution in [0, 0.1) is 0 Å². The van der Waals surface area contributed by atoms with Crippen molar-refractivity contribution < 1.29 is 14.7 Å². The topological polar surface area (TPSA) is 54.4 Å². The fourth-order valence-corrected chi connectivity index (χ4v) is 1.38. The Hall–Kier alpha value is -1.90. The van der Waals surface area contributed by atoms with Crippen molar-refractivity contribution in [1.82, 2.24) is 0 Å². The van der Waals surface area contributed by atoms with Gasteiger partial charge in [0.05, 0.1) is 0 Å². The smallest absolute Gasteiger partial charge is 0.169 e. The van der Waals surface area contributed by atoms with Gasteiger partial charge >= 0.3 is 0 Å². The molecular weight excluding hydrogens is 192 g/mol. The van der Waals surface area contributed by atoms with E-state index >= 15 is 0 Å². The van der Waals surface area contributed by atoms with Crippen LogP contribution in [0.15, 0.2) is 36.9 Å². The Bertz CT molecular complexity index is 390. The van der Waals surface area contributed by atoms with E-state index in [1.807, 2.05) is 0 Å². The molecule has 3 heteroatoms. The molecule has 0 amide bonds. The second kappa shape index (κ2) is 4.55.